The Bertz CT molecular complexity index is 390. The largest absolute Gasteiger partial charge is 0.304 e. The van der Waals surface area contributed by atoms with Crippen LogP contribution in [0.4, 0.5) is 10.1 Å². The molecule has 0 aliphatic carbocycles. The Labute approximate surface area is 79.5 Å². The predicted octanol–water partition coefficient (Wildman–Crippen LogP) is 1.87. The zero-order valence-corrected chi connectivity index (χ0v) is 7.49. The first-order valence-corrected chi connectivity index (χ1v) is 3.93. The minimum absolute atomic E-state index is 0.0922. The smallest absolute Gasteiger partial charge is 0.300 e. The van der Waals surface area contributed by atoms with E-state index in [-0.39, 0.29) is 12.2 Å². The summed E-state index contributed by atoms with van der Waals surface area (Å²) in [4.78, 5) is 20.1. The third-order valence-electron chi connectivity index (χ3n) is 1.66. The van der Waals surface area contributed by atoms with Crippen LogP contribution in [0.15, 0.2) is 18.2 Å². The molecule has 5 heteroatoms. The van der Waals surface area contributed by atoms with Crippen molar-refractivity contribution in [1.82, 2.24) is 0 Å². The van der Waals surface area contributed by atoms with Crippen molar-refractivity contribution >= 4 is 11.5 Å². The molecule has 0 radical (unpaired) electrons. The zero-order valence-electron chi connectivity index (χ0n) is 7.49. The second-order valence-corrected chi connectivity index (χ2v) is 2.92. The summed E-state index contributed by atoms with van der Waals surface area (Å²) >= 11 is 0. The molecule has 1 aromatic carbocycles. The molecule has 4 nitrogen and oxygen atoms in total. The standard InChI is InChI=1S/C9H8FNO3/c1-6(12)4-7-2-3-9(11(13)14)8(10)5-7/h2-3,5H,4H2,1H3. The third-order valence-corrected chi connectivity index (χ3v) is 1.66. The highest BCUT2D eigenvalue weighted by molar-refractivity contribution is 5.78. The van der Waals surface area contributed by atoms with Crippen LogP contribution in [0.2, 0.25) is 0 Å². The SMILES string of the molecule is CC(=O)Cc1ccc([N+](=O)[O-])c(F)c1. The molecule has 0 saturated carbocycles. The Morgan fingerprint density at radius 1 is 1.57 bits per heavy atom. The summed E-state index contributed by atoms with van der Waals surface area (Å²) in [6.45, 7) is 1.37. The Balaban J connectivity index is 3.00. The molecule has 0 N–H and O–H groups in total. The minimum atomic E-state index is -0.909. The molecular weight excluding hydrogens is 189 g/mol. The molecule has 0 saturated heterocycles. The van der Waals surface area contributed by atoms with Gasteiger partial charge in [-0.2, -0.15) is 4.39 Å². The molecule has 0 aliphatic heterocycles. The molecule has 0 aromatic heterocycles. The maximum Gasteiger partial charge on any atom is 0.304 e. The van der Waals surface area contributed by atoms with Gasteiger partial charge in [0.15, 0.2) is 0 Å². The highest BCUT2D eigenvalue weighted by atomic mass is 19.1. The lowest BCUT2D eigenvalue weighted by Gasteiger charge is -1.98. The van der Waals surface area contributed by atoms with Crippen molar-refractivity contribution in [2.24, 2.45) is 0 Å². The molecule has 14 heavy (non-hydrogen) atoms. The molecule has 74 valence electrons. The number of nitro groups is 1. The molecule has 0 unspecified atom stereocenters. The van der Waals surface area contributed by atoms with Gasteiger partial charge in [0.05, 0.1) is 4.92 Å². The van der Waals surface area contributed by atoms with Crippen LogP contribution in [0, 0.1) is 15.9 Å². The lowest BCUT2D eigenvalue weighted by Crippen LogP contribution is -1.98. The van der Waals surface area contributed by atoms with Gasteiger partial charge in [-0.3, -0.25) is 14.9 Å². The van der Waals surface area contributed by atoms with E-state index in [0.29, 0.717) is 5.56 Å². The quantitative estimate of drug-likeness (QED) is 0.548. The van der Waals surface area contributed by atoms with E-state index in [9.17, 15) is 19.3 Å². The molecule has 1 rings (SSSR count). The van der Waals surface area contributed by atoms with Gasteiger partial charge in [-0.1, -0.05) is 6.07 Å². The predicted molar refractivity (Wildman–Crippen MR) is 47.4 cm³/mol. The molecule has 0 amide bonds. The number of nitrogens with zero attached hydrogens (tertiary/aromatic N) is 1. The van der Waals surface area contributed by atoms with Gasteiger partial charge in [-0.15, -0.1) is 0 Å². The van der Waals surface area contributed by atoms with Gasteiger partial charge in [0, 0.05) is 12.5 Å². The highest BCUT2D eigenvalue weighted by Crippen LogP contribution is 2.18. The second-order valence-electron chi connectivity index (χ2n) is 2.92. The van der Waals surface area contributed by atoms with Crippen LogP contribution in [-0.4, -0.2) is 10.7 Å². The van der Waals surface area contributed by atoms with Crippen LogP contribution in [0.3, 0.4) is 0 Å². The number of rotatable bonds is 3. The van der Waals surface area contributed by atoms with Crippen molar-refractivity contribution in [3.05, 3.63) is 39.7 Å². The number of Topliss-reactive ketones (excluding diaryl/α,β-unsaturated/α-hetero) is 1. The summed E-state index contributed by atoms with van der Waals surface area (Å²) in [7, 11) is 0. The molecule has 0 aliphatic rings. The number of carbonyl (C=O) groups excluding carboxylic acids is 1. The van der Waals surface area contributed by atoms with Crippen LogP contribution >= 0.6 is 0 Å². The fourth-order valence-electron chi connectivity index (χ4n) is 1.10. The molecule has 0 bridgehead atoms. The van der Waals surface area contributed by atoms with Crippen molar-refractivity contribution in [3.8, 4) is 0 Å². The number of carbonyl (C=O) groups is 1. The summed E-state index contributed by atoms with van der Waals surface area (Å²) in [6.07, 6.45) is 0.0922. The Kier molecular flexibility index (Phi) is 2.91. The highest BCUT2D eigenvalue weighted by Gasteiger charge is 2.13. The van der Waals surface area contributed by atoms with E-state index >= 15 is 0 Å². The van der Waals surface area contributed by atoms with Gasteiger partial charge in [0.25, 0.3) is 0 Å². The third kappa shape index (κ3) is 2.35. The van der Waals surface area contributed by atoms with Crippen LogP contribution in [-0.2, 0) is 11.2 Å². The van der Waals surface area contributed by atoms with Crippen molar-refractivity contribution < 1.29 is 14.1 Å². The molecule has 0 spiro atoms. The Hall–Kier alpha value is -1.78. The van der Waals surface area contributed by atoms with Crippen LogP contribution < -0.4 is 0 Å². The molecule has 0 heterocycles. The lowest BCUT2D eigenvalue weighted by atomic mass is 10.1. The molecular formula is C9H8FNO3. The number of ketones is 1. The summed E-state index contributed by atoms with van der Waals surface area (Å²) in [5.41, 5.74) is -0.127. The Morgan fingerprint density at radius 2 is 2.21 bits per heavy atom. The lowest BCUT2D eigenvalue weighted by molar-refractivity contribution is -0.387. The van der Waals surface area contributed by atoms with E-state index in [4.69, 9.17) is 0 Å². The number of hydrogen-bond donors (Lipinski definition) is 0. The average Bonchev–Trinajstić information content (AvgIpc) is 2.01. The fourth-order valence-corrected chi connectivity index (χ4v) is 1.10. The summed E-state index contributed by atoms with van der Waals surface area (Å²) < 4.78 is 13.0. The monoisotopic (exact) mass is 197 g/mol. The van der Waals surface area contributed by atoms with Crippen molar-refractivity contribution in [1.29, 1.82) is 0 Å². The number of halogens is 1. The van der Waals surface area contributed by atoms with Crippen molar-refractivity contribution in [2.45, 2.75) is 13.3 Å². The number of benzene rings is 1. The molecule has 0 atom stereocenters. The van der Waals surface area contributed by atoms with Crippen molar-refractivity contribution in [3.63, 3.8) is 0 Å². The topological polar surface area (TPSA) is 60.2 Å². The summed E-state index contributed by atoms with van der Waals surface area (Å²) in [6, 6.07) is 3.45. The minimum Gasteiger partial charge on any atom is -0.300 e. The van der Waals surface area contributed by atoms with Crippen molar-refractivity contribution in [2.75, 3.05) is 0 Å². The first kappa shape index (κ1) is 10.3. The van der Waals surface area contributed by atoms with Crippen LogP contribution in [0.1, 0.15) is 12.5 Å². The van der Waals surface area contributed by atoms with Gasteiger partial charge < -0.3 is 0 Å². The van der Waals surface area contributed by atoms with Gasteiger partial charge in [0.2, 0.25) is 5.82 Å². The van der Waals surface area contributed by atoms with E-state index in [1.165, 1.54) is 13.0 Å². The Morgan fingerprint density at radius 3 is 2.64 bits per heavy atom. The van der Waals surface area contributed by atoms with E-state index in [1.54, 1.807) is 0 Å². The normalized spacial score (nSPS) is 9.86. The van der Waals surface area contributed by atoms with E-state index in [0.717, 1.165) is 12.1 Å². The van der Waals surface area contributed by atoms with Crippen LogP contribution in [0.5, 0.6) is 0 Å². The average molecular weight is 197 g/mol. The van der Waals surface area contributed by atoms with Gasteiger partial charge in [0.1, 0.15) is 5.78 Å². The summed E-state index contributed by atoms with van der Waals surface area (Å²) in [5, 5.41) is 10.3. The zero-order chi connectivity index (χ0) is 10.7. The maximum absolute atomic E-state index is 13.0. The first-order chi connectivity index (χ1) is 6.50. The first-order valence-electron chi connectivity index (χ1n) is 3.93. The summed E-state index contributed by atoms with van der Waals surface area (Å²) in [5.74, 6) is -1.02. The van der Waals surface area contributed by atoms with E-state index in [1.807, 2.05) is 0 Å². The molecule has 1 aromatic rings. The van der Waals surface area contributed by atoms with Gasteiger partial charge >= 0.3 is 5.69 Å². The maximum atomic E-state index is 13.0. The van der Waals surface area contributed by atoms with Gasteiger partial charge in [-0.05, 0) is 18.6 Å². The number of nitro benzene ring substituents is 1. The van der Waals surface area contributed by atoms with E-state index in [2.05, 4.69) is 0 Å². The van der Waals surface area contributed by atoms with Gasteiger partial charge in [-0.25, -0.2) is 0 Å². The second kappa shape index (κ2) is 3.95. The van der Waals surface area contributed by atoms with Crippen LogP contribution in [0.25, 0.3) is 0 Å². The van der Waals surface area contributed by atoms with E-state index < -0.39 is 16.4 Å². The molecule has 0 fully saturated rings. The number of hydrogen-bond acceptors (Lipinski definition) is 3. The fraction of sp³-hybridized carbons (Fsp3) is 0.222.